The number of alkyl halides is 1. The predicted octanol–water partition coefficient (Wildman–Crippen LogP) is 1.73. The summed E-state index contributed by atoms with van der Waals surface area (Å²) in [7, 11) is 0. The van der Waals surface area contributed by atoms with Gasteiger partial charge in [0.05, 0.1) is 6.54 Å². The number of hydrogen-bond acceptors (Lipinski definition) is 2. The lowest BCUT2D eigenvalue weighted by Gasteiger charge is -2.07. The van der Waals surface area contributed by atoms with E-state index in [1.54, 1.807) is 24.3 Å². The molecule has 1 rings (SSSR count). The molecule has 1 unspecified atom stereocenters. The maximum absolute atomic E-state index is 12.8. The van der Waals surface area contributed by atoms with Crippen LogP contribution >= 0.6 is 0 Å². The molecule has 0 heterocycles. The molecule has 3 heteroatoms. The van der Waals surface area contributed by atoms with Crippen LogP contribution < -0.4 is 5.73 Å². The largest absolute Gasteiger partial charge is 0.324 e. The minimum absolute atomic E-state index is 0.0301. The zero-order valence-corrected chi connectivity index (χ0v) is 8.16. The van der Waals surface area contributed by atoms with Crippen LogP contribution in [0.1, 0.15) is 22.8 Å². The first kappa shape index (κ1) is 10.9. The molecule has 2 N–H and O–H groups in total. The summed E-state index contributed by atoms with van der Waals surface area (Å²) in [4.78, 5) is 11.4. The molecule has 0 bridgehead atoms. The van der Waals surface area contributed by atoms with Gasteiger partial charge in [-0.05, 0) is 12.5 Å². The van der Waals surface area contributed by atoms with E-state index in [0.29, 0.717) is 5.56 Å². The van der Waals surface area contributed by atoms with Crippen LogP contribution in [0.25, 0.3) is 0 Å². The van der Waals surface area contributed by atoms with Crippen molar-refractivity contribution < 1.29 is 9.18 Å². The molecule has 0 spiro atoms. The number of nitrogens with two attached hydrogens (primary N) is 1. The van der Waals surface area contributed by atoms with Gasteiger partial charge in [0.1, 0.15) is 6.17 Å². The summed E-state index contributed by atoms with van der Waals surface area (Å²) in [5.41, 5.74) is 6.54. The molecule has 0 aromatic heterocycles. The summed E-state index contributed by atoms with van der Waals surface area (Å²) >= 11 is 0. The Labute approximate surface area is 82.9 Å². The molecule has 0 aliphatic heterocycles. The van der Waals surface area contributed by atoms with Gasteiger partial charge in [0.15, 0.2) is 5.78 Å². The third-order valence-corrected chi connectivity index (χ3v) is 2.00. The molecular weight excluding hydrogens is 181 g/mol. The van der Waals surface area contributed by atoms with Crippen molar-refractivity contribution >= 4 is 5.78 Å². The highest BCUT2D eigenvalue weighted by Crippen LogP contribution is 2.12. The Hall–Kier alpha value is -1.22. The van der Waals surface area contributed by atoms with Gasteiger partial charge in [-0.3, -0.25) is 4.79 Å². The van der Waals surface area contributed by atoms with Gasteiger partial charge in [-0.15, -0.1) is 0 Å². The number of ketones is 1. The number of rotatable bonds is 4. The van der Waals surface area contributed by atoms with Crippen LogP contribution in [0, 0.1) is 0 Å². The molecular formula is C11H14FNO. The second kappa shape index (κ2) is 4.86. The number of benzene rings is 1. The van der Waals surface area contributed by atoms with Gasteiger partial charge >= 0.3 is 0 Å². The zero-order chi connectivity index (χ0) is 10.6. The molecule has 1 aromatic rings. The smallest absolute Gasteiger partial charge is 0.176 e. The van der Waals surface area contributed by atoms with E-state index < -0.39 is 6.17 Å². The molecule has 0 aliphatic carbocycles. The molecule has 1 atom stereocenters. The molecule has 76 valence electrons. The number of Topliss-reactive ketones (excluding diaryl/α,β-unsaturated/α-hetero) is 1. The van der Waals surface area contributed by atoms with Crippen molar-refractivity contribution in [2.45, 2.75) is 19.5 Å². The Morgan fingerprint density at radius 3 is 2.71 bits per heavy atom. The monoisotopic (exact) mass is 195 g/mol. The lowest BCUT2D eigenvalue weighted by atomic mass is 9.99. The van der Waals surface area contributed by atoms with E-state index in [1.165, 1.54) is 6.92 Å². The highest BCUT2D eigenvalue weighted by Gasteiger charge is 2.10. The molecule has 14 heavy (non-hydrogen) atoms. The standard InChI is InChI=1S/C11H14FNO/c1-8(12)6-9-4-2-3-5-10(9)11(14)7-13/h2-5,8H,6-7,13H2,1H3. The van der Waals surface area contributed by atoms with Crippen LogP contribution in [0.4, 0.5) is 4.39 Å². The molecule has 1 aromatic carbocycles. The first-order valence-electron chi connectivity index (χ1n) is 4.60. The van der Waals surface area contributed by atoms with Gasteiger partial charge in [-0.25, -0.2) is 4.39 Å². The van der Waals surface area contributed by atoms with Crippen molar-refractivity contribution in [2.24, 2.45) is 5.73 Å². The van der Waals surface area contributed by atoms with Crippen molar-refractivity contribution in [3.8, 4) is 0 Å². The summed E-state index contributed by atoms with van der Waals surface area (Å²) in [6, 6.07) is 7.01. The average molecular weight is 195 g/mol. The average Bonchev–Trinajstić information content (AvgIpc) is 2.16. The third-order valence-electron chi connectivity index (χ3n) is 2.00. The summed E-state index contributed by atoms with van der Waals surface area (Å²) in [5, 5.41) is 0. The maximum atomic E-state index is 12.8. The molecule has 0 saturated heterocycles. The van der Waals surface area contributed by atoms with E-state index >= 15 is 0 Å². The van der Waals surface area contributed by atoms with E-state index in [9.17, 15) is 9.18 Å². The molecule has 0 fully saturated rings. The van der Waals surface area contributed by atoms with Crippen molar-refractivity contribution in [1.82, 2.24) is 0 Å². The van der Waals surface area contributed by atoms with Crippen molar-refractivity contribution in [3.63, 3.8) is 0 Å². The Bertz CT molecular complexity index is 323. The molecule has 0 saturated carbocycles. The van der Waals surface area contributed by atoms with Crippen LogP contribution in [0.2, 0.25) is 0 Å². The minimum Gasteiger partial charge on any atom is -0.324 e. The summed E-state index contributed by atoms with van der Waals surface area (Å²) in [5.74, 6) is -0.138. The topological polar surface area (TPSA) is 43.1 Å². The lowest BCUT2D eigenvalue weighted by molar-refractivity contribution is 0.100. The van der Waals surface area contributed by atoms with Gasteiger partial charge in [-0.1, -0.05) is 24.3 Å². The van der Waals surface area contributed by atoms with E-state index in [2.05, 4.69) is 0 Å². The lowest BCUT2D eigenvalue weighted by Crippen LogP contribution is -2.16. The van der Waals surface area contributed by atoms with Crippen molar-refractivity contribution in [2.75, 3.05) is 6.54 Å². The minimum atomic E-state index is -0.943. The predicted molar refractivity (Wildman–Crippen MR) is 54.1 cm³/mol. The Morgan fingerprint density at radius 2 is 2.14 bits per heavy atom. The fourth-order valence-electron chi connectivity index (χ4n) is 1.38. The summed E-state index contributed by atoms with van der Waals surface area (Å²) in [6.07, 6.45) is -0.677. The number of carbonyl (C=O) groups excluding carboxylic acids is 1. The SMILES string of the molecule is CC(F)Cc1ccccc1C(=O)CN. The van der Waals surface area contributed by atoms with Crippen LogP contribution in [0.15, 0.2) is 24.3 Å². The van der Waals surface area contributed by atoms with Gasteiger partial charge in [0.2, 0.25) is 0 Å². The first-order valence-corrected chi connectivity index (χ1v) is 4.60. The van der Waals surface area contributed by atoms with Crippen LogP contribution in [-0.4, -0.2) is 18.5 Å². The third kappa shape index (κ3) is 2.64. The molecule has 0 aliphatic rings. The summed E-state index contributed by atoms with van der Waals surface area (Å²) < 4.78 is 12.8. The maximum Gasteiger partial charge on any atom is 0.176 e. The highest BCUT2D eigenvalue weighted by molar-refractivity contribution is 5.98. The second-order valence-corrected chi connectivity index (χ2v) is 3.27. The van der Waals surface area contributed by atoms with E-state index in [0.717, 1.165) is 5.56 Å². The van der Waals surface area contributed by atoms with Crippen molar-refractivity contribution in [1.29, 1.82) is 0 Å². The second-order valence-electron chi connectivity index (χ2n) is 3.27. The Morgan fingerprint density at radius 1 is 1.50 bits per heavy atom. The van der Waals surface area contributed by atoms with Crippen LogP contribution in [0.3, 0.4) is 0 Å². The highest BCUT2D eigenvalue weighted by atomic mass is 19.1. The van der Waals surface area contributed by atoms with Crippen LogP contribution in [-0.2, 0) is 6.42 Å². The fourth-order valence-corrected chi connectivity index (χ4v) is 1.38. The van der Waals surface area contributed by atoms with Gasteiger partial charge in [0.25, 0.3) is 0 Å². The normalized spacial score (nSPS) is 12.5. The molecule has 0 amide bonds. The fraction of sp³-hybridized carbons (Fsp3) is 0.364. The Kier molecular flexibility index (Phi) is 3.77. The van der Waals surface area contributed by atoms with Gasteiger partial charge < -0.3 is 5.73 Å². The zero-order valence-electron chi connectivity index (χ0n) is 8.16. The molecule has 0 radical (unpaired) electrons. The molecule has 2 nitrogen and oxygen atoms in total. The number of carbonyl (C=O) groups is 1. The number of halogens is 1. The first-order chi connectivity index (χ1) is 6.65. The quantitative estimate of drug-likeness (QED) is 0.743. The van der Waals surface area contributed by atoms with Gasteiger partial charge in [0, 0.05) is 12.0 Å². The number of hydrogen-bond donors (Lipinski definition) is 1. The van der Waals surface area contributed by atoms with E-state index in [1.807, 2.05) is 0 Å². The Balaban J connectivity index is 2.97. The van der Waals surface area contributed by atoms with E-state index in [4.69, 9.17) is 5.73 Å². The summed E-state index contributed by atoms with van der Waals surface area (Å²) in [6.45, 7) is 1.45. The van der Waals surface area contributed by atoms with Gasteiger partial charge in [-0.2, -0.15) is 0 Å². The van der Waals surface area contributed by atoms with Crippen LogP contribution in [0.5, 0.6) is 0 Å². The van der Waals surface area contributed by atoms with Crippen molar-refractivity contribution in [3.05, 3.63) is 35.4 Å². The van der Waals surface area contributed by atoms with E-state index in [-0.39, 0.29) is 18.7 Å².